The Labute approximate surface area is 157 Å². The molecule has 1 fully saturated rings. The number of amides is 3. The van der Waals surface area contributed by atoms with E-state index in [9.17, 15) is 9.59 Å². The molecule has 2 aliphatic heterocycles. The van der Waals surface area contributed by atoms with Crippen LogP contribution in [-0.4, -0.2) is 56.1 Å². The summed E-state index contributed by atoms with van der Waals surface area (Å²) >= 11 is 0. The molecule has 1 saturated heterocycles. The monoisotopic (exact) mass is 372 g/mol. The Morgan fingerprint density at radius 1 is 1.26 bits per heavy atom. The van der Waals surface area contributed by atoms with E-state index in [1.807, 2.05) is 11.0 Å². The molecular formula is C18H24N6O3. The van der Waals surface area contributed by atoms with Crippen molar-refractivity contribution in [2.75, 3.05) is 19.6 Å². The smallest absolute Gasteiger partial charge is 0.318 e. The molecule has 0 saturated carbocycles. The minimum Gasteiger partial charge on any atom is -0.467 e. The summed E-state index contributed by atoms with van der Waals surface area (Å²) in [4.78, 5) is 27.7. The molecule has 144 valence electrons. The first-order chi connectivity index (χ1) is 13.1. The lowest BCUT2D eigenvalue weighted by atomic mass is 9.97. The number of piperidine rings is 1. The fraction of sp³-hybridized carbons (Fsp3) is 0.556. The van der Waals surface area contributed by atoms with Gasteiger partial charge in [-0.1, -0.05) is 0 Å². The van der Waals surface area contributed by atoms with Crippen LogP contribution in [0.25, 0.3) is 0 Å². The molecule has 4 rings (SSSR count). The van der Waals surface area contributed by atoms with Crippen molar-refractivity contribution < 1.29 is 14.0 Å². The van der Waals surface area contributed by atoms with Crippen LogP contribution in [0.4, 0.5) is 4.79 Å². The van der Waals surface area contributed by atoms with E-state index in [2.05, 4.69) is 20.1 Å². The third-order valence-electron chi connectivity index (χ3n) is 5.29. The van der Waals surface area contributed by atoms with Gasteiger partial charge in [-0.25, -0.2) is 4.79 Å². The van der Waals surface area contributed by atoms with Gasteiger partial charge in [-0.3, -0.25) is 4.79 Å². The molecule has 4 heterocycles. The van der Waals surface area contributed by atoms with Gasteiger partial charge in [0.15, 0.2) is 5.82 Å². The SMILES string of the molecule is CC(=O)N1CCCC(c2nnc3n2CCN(C(=O)NCc2ccco2)C3)C1. The zero-order valence-corrected chi connectivity index (χ0v) is 15.4. The highest BCUT2D eigenvalue weighted by Crippen LogP contribution is 2.27. The van der Waals surface area contributed by atoms with Crippen LogP contribution in [0.2, 0.25) is 0 Å². The number of fused-ring (bicyclic) bond motifs is 1. The second-order valence-electron chi connectivity index (χ2n) is 7.09. The number of furan rings is 1. The summed E-state index contributed by atoms with van der Waals surface area (Å²) in [6, 6.07) is 3.49. The number of carbonyl (C=O) groups is 2. The van der Waals surface area contributed by atoms with Crippen LogP contribution in [0, 0.1) is 0 Å². The van der Waals surface area contributed by atoms with E-state index in [1.165, 1.54) is 0 Å². The van der Waals surface area contributed by atoms with E-state index in [0.29, 0.717) is 32.7 Å². The summed E-state index contributed by atoms with van der Waals surface area (Å²) in [5, 5.41) is 11.6. The molecule has 0 aromatic carbocycles. The molecular weight excluding hydrogens is 348 g/mol. The number of hydrogen-bond donors (Lipinski definition) is 1. The number of rotatable bonds is 3. The van der Waals surface area contributed by atoms with Crippen molar-refractivity contribution in [2.45, 2.75) is 45.3 Å². The molecule has 9 nitrogen and oxygen atoms in total. The van der Waals surface area contributed by atoms with Gasteiger partial charge in [0.1, 0.15) is 11.6 Å². The van der Waals surface area contributed by atoms with E-state index < -0.39 is 0 Å². The van der Waals surface area contributed by atoms with Gasteiger partial charge in [0.05, 0.1) is 19.4 Å². The summed E-state index contributed by atoms with van der Waals surface area (Å²) < 4.78 is 7.35. The lowest BCUT2D eigenvalue weighted by molar-refractivity contribution is -0.130. The zero-order chi connectivity index (χ0) is 18.8. The van der Waals surface area contributed by atoms with Crippen LogP contribution in [0.5, 0.6) is 0 Å². The van der Waals surface area contributed by atoms with Crippen molar-refractivity contribution in [3.05, 3.63) is 35.8 Å². The Kier molecular flexibility index (Phi) is 4.83. The number of likely N-dealkylation sites (tertiary alicyclic amines) is 1. The van der Waals surface area contributed by atoms with Crippen LogP contribution in [0.3, 0.4) is 0 Å². The third-order valence-corrected chi connectivity index (χ3v) is 5.29. The lowest BCUT2D eigenvalue weighted by Crippen LogP contribution is -2.44. The molecule has 2 aromatic rings. The lowest BCUT2D eigenvalue weighted by Gasteiger charge is -2.33. The molecule has 2 aromatic heterocycles. The Hall–Kier alpha value is -2.84. The summed E-state index contributed by atoms with van der Waals surface area (Å²) in [5.74, 6) is 2.77. The molecule has 9 heteroatoms. The predicted molar refractivity (Wildman–Crippen MR) is 95.6 cm³/mol. The Morgan fingerprint density at radius 2 is 2.15 bits per heavy atom. The highest BCUT2D eigenvalue weighted by atomic mass is 16.3. The minimum absolute atomic E-state index is 0.109. The van der Waals surface area contributed by atoms with Gasteiger partial charge < -0.3 is 24.1 Å². The van der Waals surface area contributed by atoms with Gasteiger partial charge in [0, 0.05) is 39.0 Å². The minimum atomic E-state index is -0.136. The molecule has 27 heavy (non-hydrogen) atoms. The molecule has 1 atom stereocenters. The Bertz CT molecular complexity index is 815. The van der Waals surface area contributed by atoms with Crippen molar-refractivity contribution in [2.24, 2.45) is 0 Å². The van der Waals surface area contributed by atoms with Gasteiger partial charge in [-0.2, -0.15) is 0 Å². The number of urea groups is 1. The molecule has 0 bridgehead atoms. The number of nitrogens with zero attached hydrogens (tertiary/aromatic N) is 5. The summed E-state index contributed by atoms with van der Waals surface area (Å²) in [5.41, 5.74) is 0. The quantitative estimate of drug-likeness (QED) is 0.877. The van der Waals surface area contributed by atoms with Gasteiger partial charge >= 0.3 is 6.03 Å². The van der Waals surface area contributed by atoms with Crippen LogP contribution in [0.15, 0.2) is 22.8 Å². The van der Waals surface area contributed by atoms with Crippen molar-refractivity contribution >= 4 is 11.9 Å². The molecule has 0 aliphatic carbocycles. The third kappa shape index (κ3) is 3.67. The molecule has 2 aliphatic rings. The first-order valence-electron chi connectivity index (χ1n) is 9.34. The van der Waals surface area contributed by atoms with Crippen LogP contribution in [0.1, 0.15) is 43.1 Å². The first kappa shape index (κ1) is 17.6. The van der Waals surface area contributed by atoms with Crippen LogP contribution >= 0.6 is 0 Å². The number of aromatic nitrogens is 3. The van der Waals surface area contributed by atoms with Gasteiger partial charge in [0.25, 0.3) is 0 Å². The molecule has 1 unspecified atom stereocenters. The maximum Gasteiger partial charge on any atom is 0.318 e. The fourth-order valence-corrected chi connectivity index (χ4v) is 3.82. The van der Waals surface area contributed by atoms with Crippen LogP contribution < -0.4 is 5.32 Å². The second-order valence-corrected chi connectivity index (χ2v) is 7.09. The maximum atomic E-state index is 12.4. The van der Waals surface area contributed by atoms with E-state index in [-0.39, 0.29) is 17.9 Å². The molecule has 3 amide bonds. The average Bonchev–Trinajstić information content (AvgIpc) is 3.35. The molecule has 0 spiro atoms. The standard InChI is InChI=1S/C18H24N6O3/c1-13(25)22-6-2-4-14(11-22)17-21-20-16-12-23(7-8-24(16)17)18(26)19-10-15-5-3-9-27-15/h3,5,9,14H,2,4,6-8,10-12H2,1H3,(H,19,26). The van der Waals surface area contributed by atoms with Gasteiger partial charge in [-0.05, 0) is 25.0 Å². The van der Waals surface area contributed by atoms with Crippen LogP contribution in [-0.2, 0) is 24.4 Å². The highest BCUT2D eigenvalue weighted by Gasteiger charge is 2.30. The maximum absolute atomic E-state index is 12.4. The van der Waals surface area contributed by atoms with Gasteiger partial charge in [-0.15, -0.1) is 10.2 Å². The number of hydrogen-bond acceptors (Lipinski definition) is 5. The fourth-order valence-electron chi connectivity index (χ4n) is 3.82. The van der Waals surface area contributed by atoms with Gasteiger partial charge in [0.2, 0.25) is 5.91 Å². The van der Waals surface area contributed by atoms with E-state index >= 15 is 0 Å². The van der Waals surface area contributed by atoms with E-state index in [0.717, 1.165) is 36.8 Å². The summed E-state index contributed by atoms with van der Waals surface area (Å²) in [6.07, 6.45) is 3.58. The summed E-state index contributed by atoms with van der Waals surface area (Å²) in [7, 11) is 0. The zero-order valence-electron chi connectivity index (χ0n) is 15.4. The van der Waals surface area contributed by atoms with E-state index in [4.69, 9.17) is 4.42 Å². The highest BCUT2D eigenvalue weighted by molar-refractivity contribution is 5.74. The summed E-state index contributed by atoms with van der Waals surface area (Å²) in [6.45, 7) is 5.19. The second kappa shape index (κ2) is 7.42. The predicted octanol–water partition coefficient (Wildman–Crippen LogP) is 1.32. The van der Waals surface area contributed by atoms with Crippen molar-refractivity contribution in [3.63, 3.8) is 0 Å². The van der Waals surface area contributed by atoms with E-state index in [1.54, 1.807) is 24.2 Å². The average molecular weight is 372 g/mol. The normalized spacial score (nSPS) is 19.7. The van der Waals surface area contributed by atoms with Crippen molar-refractivity contribution in [1.82, 2.24) is 29.9 Å². The molecule has 1 N–H and O–H groups in total. The largest absolute Gasteiger partial charge is 0.467 e. The number of nitrogens with one attached hydrogen (secondary N) is 1. The first-order valence-corrected chi connectivity index (χ1v) is 9.34. The number of carbonyl (C=O) groups excluding carboxylic acids is 2. The molecule has 0 radical (unpaired) electrons. The topological polar surface area (TPSA) is 96.5 Å². The van der Waals surface area contributed by atoms with Crippen molar-refractivity contribution in [3.8, 4) is 0 Å². The Balaban J connectivity index is 1.39. The van der Waals surface area contributed by atoms with Crippen molar-refractivity contribution in [1.29, 1.82) is 0 Å². The Morgan fingerprint density at radius 3 is 2.93 bits per heavy atom.